The van der Waals surface area contributed by atoms with E-state index in [1.54, 1.807) is 18.3 Å². The van der Waals surface area contributed by atoms with Crippen LogP contribution in [0.1, 0.15) is 16.8 Å². The molecule has 0 unspecified atom stereocenters. The van der Waals surface area contributed by atoms with Gasteiger partial charge in [-0.2, -0.15) is 0 Å². The highest BCUT2D eigenvalue weighted by Gasteiger charge is 2.09. The van der Waals surface area contributed by atoms with E-state index < -0.39 is 0 Å². The Bertz CT molecular complexity index is 781. The van der Waals surface area contributed by atoms with Gasteiger partial charge in [0, 0.05) is 29.1 Å². The Labute approximate surface area is 117 Å². The number of nitrogen functional groups attached to an aromatic ring is 1. The summed E-state index contributed by atoms with van der Waals surface area (Å²) in [5.74, 6) is -0.202. The van der Waals surface area contributed by atoms with Crippen molar-refractivity contribution in [3.8, 4) is 0 Å². The van der Waals surface area contributed by atoms with E-state index in [4.69, 9.17) is 5.73 Å². The molecular weight excluding hydrogens is 251 g/mol. The topological polar surface area (TPSA) is 38.9 Å². The Morgan fingerprint density at radius 2 is 1.85 bits per heavy atom. The highest BCUT2D eigenvalue weighted by Crippen LogP contribution is 2.27. The van der Waals surface area contributed by atoms with E-state index in [-0.39, 0.29) is 5.82 Å². The van der Waals surface area contributed by atoms with E-state index in [9.17, 15) is 4.39 Å². The Kier molecular flexibility index (Phi) is 3.11. The van der Waals surface area contributed by atoms with Crippen molar-refractivity contribution < 1.29 is 4.39 Å². The molecule has 0 aliphatic carbocycles. The fourth-order valence-corrected chi connectivity index (χ4v) is 2.41. The average Bonchev–Trinajstić information content (AvgIpc) is 2.46. The Hall–Kier alpha value is -2.42. The number of halogens is 1. The number of pyridine rings is 1. The highest BCUT2D eigenvalue weighted by atomic mass is 19.1. The highest BCUT2D eigenvalue weighted by molar-refractivity contribution is 5.95. The maximum atomic E-state index is 13.8. The molecule has 2 aromatic carbocycles. The SMILES string of the molecule is Cc1ccc2c(Cc3ccccc3F)nccc2c1N. The first-order valence-electron chi connectivity index (χ1n) is 6.53. The second kappa shape index (κ2) is 4.93. The minimum atomic E-state index is -0.202. The van der Waals surface area contributed by atoms with Gasteiger partial charge in [-0.15, -0.1) is 0 Å². The van der Waals surface area contributed by atoms with Crippen LogP contribution >= 0.6 is 0 Å². The molecule has 2 nitrogen and oxygen atoms in total. The van der Waals surface area contributed by atoms with Gasteiger partial charge in [0.1, 0.15) is 5.82 Å². The van der Waals surface area contributed by atoms with Crippen molar-refractivity contribution in [2.45, 2.75) is 13.3 Å². The largest absolute Gasteiger partial charge is 0.398 e. The molecule has 3 rings (SSSR count). The summed E-state index contributed by atoms with van der Waals surface area (Å²) >= 11 is 0. The fraction of sp³-hybridized carbons (Fsp3) is 0.118. The van der Waals surface area contributed by atoms with Crippen LogP contribution in [0.25, 0.3) is 10.8 Å². The molecule has 100 valence electrons. The summed E-state index contributed by atoms with van der Waals surface area (Å²) in [6.07, 6.45) is 2.20. The van der Waals surface area contributed by atoms with Gasteiger partial charge >= 0.3 is 0 Å². The lowest BCUT2D eigenvalue weighted by Gasteiger charge is -2.10. The number of rotatable bonds is 2. The van der Waals surface area contributed by atoms with Crippen molar-refractivity contribution >= 4 is 16.5 Å². The molecule has 3 aromatic rings. The maximum absolute atomic E-state index is 13.8. The number of fused-ring (bicyclic) bond motifs is 1. The molecule has 0 bridgehead atoms. The van der Waals surface area contributed by atoms with E-state index >= 15 is 0 Å². The van der Waals surface area contributed by atoms with E-state index in [1.807, 2.05) is 31.2 Å². The zero-order valence-electron chi connectivity index (χ0n) is 11.2. The number of hydrogen-bond donors (Lipinski definition) is 1. The molecule has 2 N–H and O–H groups in total. The van der Waals surface area contributed by atoms with Crippen molar-refractivity contribution in [3.05, 3.63) is 71.3 Å². The third-order valence-electron chi connectivity index (χ3n) is 3.60. The summed E-state index contributed by atoms with van der Waals surface area (Å²) in [5, 5.41) is 1.96. The molecule has 1 aromatic heterocycles. The van der Waals surface area contributed by atoms with Crippen molar-refractivity contribution in [1.29, 1.82) is 0 Å². The summed E-state index contributed by atoms with van der Waals surface area (Å²) in [6.45, 7) is 1.98. The third-order valence-corrected chi connectivity index (χ3v) is 3.60. The second-order valence-electron chi connectivity index (χ2n) is 4.92. The van der Waals surface area contributed by atoms with Crippen molar-refractivity contribution in [2.24, 2.45) is 0 Å². The van der Waals surface area contributed by atoms with Gasteiger partial charge in [-0.05, 0) is 30.2 Å². The van der Waals surface area contributed by atoms with E-state index in [0.717, 1.165) is 27.7 Å². The number of nitrogens with zero attached hydrogens (tertiary/aromatic N) is 1. The summed E-state index contributed by atoms with van der Waals surface area (Å²) in [7, 11) is 0. The summed E-state index contributed by atoms with van der Waals surface area (Å²) in [6, 6.07) is 12.7. The van der Waals surface area contributed by atoms with Crippen LogP contribution in [0.4, 0.5) is 10.1 Å². The van der Waals surface area contributed by atoms with Crippen LogP contribution in [-0.2, 0) is 6.42 Å². The van der Waals surface area contributed by atoms with Crippen LogP contribution in [0.3, 0.4) is 0 Å². The van der Waals surface area contributed by atoms with Gasteiger partial charge in [0.05, 0.1) is 5.69 Å². The first-order chi connectivity index (χ1) is 9.66. The van der Waals surface area contributed by atoms with Gasteiger partial charge in [0.2, 0.25) is 0 Å². The third kappa shape index (κ3) is 2.11. The fourth-order valence-electron chi connectivity index (χ4n) is 2.41. The number of aryl methyl sites for hydroxylation is 1. The lowest BCUT2D eigenvalue weighted by Crippen LogP contribution is -1.98. The normalized spacial score (nSPS) is 10.9. The number of benzene rings is 2. The van der Waals surface area contributed by atoms with Crippen molar-refractivity contribution in [2.75, 3.05) is 5.73 Å². The average molecular weight is 266 g/mol. The first kappa shape index (κ1) is 12.6. The zero-order valence-corrected chi connectivity index (χ0v) is 11.2. The molecular formula is C17H15FN2. The Morgan fingerprint density at radius 1 is 1.05 bits per heavy atom. The van der Waals surface area contributed by atoms with E-state index in [0.29, 0.717) is 12.0 Å². The molecule has 0 spiro atoms. The van der Waals surface area contributed by atoms with Crippen LogP contribution in [-0.4, -0.2) is 4.98 Å². The maximum Gasteiger partial charge on any atom is 0.126 e. The van der Waals surface area contributed by atoms with Gasteiger partial charge in [0.25, 0.3) is 0 Å². The molecule has 3 heteroatoms. The van der Waals surface area contributed by atoms with Gasteiger partial charge in [0.15, 0.2) is 0 Å². The van der Waals surface area contributed by atoms with Crippen LogP contribution in [0.2, 0.25) is 0 Å². The predicted molar refractivity (Wildman–Crippen MR) is 80.1 cm³/mol. The van der Waals surface area contributed by atoms with Gasteiger partial charge in [-0.1, -0.05) is 30.3 Å². The smallest absolute Gasteiger partial charge is 0.126 e. The molecule has 20 heavy (non-hydrogen) atoms. The van der Waals surface area contributed by atoms with Gasteiger partial charge < -0.3 is 5.73 Å². The van der Waals surface area contributed by atoms with Crippen molar-refractivity contribution in [3.63, 3.8) is 0 Å². The second-order valence-corrected chi connectivity index (χ2v) is 4.92. The molecule has 1 heterocycles. The minimum absolute atomic E-state index is 0.202. The van der Waals surface area contributed by atoms with Crippen molar-refractivity contribution in [1.82, 2.24) is 4.98 Å². The minimum Gasteiger partial charge on any atom is -0.398 e. The Morgan fingerprint density at radius 3 is 2.65 bits per heavy atom. The monoisotopic (exact) mass is 266 g/mol. The first-order valence-corrected chi connectivity index (χ1v) is 6.53. The van der Waals surface area contributed by atoms with Gasteiger partial charge in [-0.25, -0.2) is 4.39 Å². The molecule has 0 aliphatic heterocycles. The molecule has 0 aliphatic rings. The van der Waals surface area contributed by atoms with E-state index in [2.05, 4.69) is 4.98 Å². The quantitative estimate of drug-likeness (QED) is 0.715. The summed E-state index contributed by atoms with van der Waals surface area (Å²) in [5.41, 5.74) is 9.41. The molecule has 0 saturated heterocycles. The lowest BCUT2D eigenvalue weighted by atomic mass is 10.0. The molecule has 0 fully saturated rings. The number of hydrogen-bond acceptors (Lipinski definition) is 2. The van der Waals surface area contributed by atoms with Gasteiger partial charge in [-0.3, -0.25) is 4.98 Å². The molecule has 0 atom stereocenters. The number of nitrogens with two attached hydrogens (primary N) is 1. The van der Waals surface area contributed by atoms with Crippen LogP contribution in [0.5, 0.6) is 0 Å². The summed E-state index contributed by atoms with van der Waals surface area (Å²) < 4.78 is 13.8. The predicted octanol–water partition coefficient (Wildman–Crippen LogP) is 3.86. The number of anilines is 1. The standard InChI is InChI=1S/C17H15FN2/c1-11-6-7-13-14(17(11)19)8-9-20-16(13)10-12-4-2-3-5-15(12)18/h2-9H,10,19H2,1H3. The molecule has 0 amide bonds. The number of aromatic nitrogens is 1. The zero-order chi connectivity index (χ0) is 14.1. The molecule has 0 saturated carbocycles. The van der Waals surface area contributed by atoms with Crippen LogP contribution < -0.4 is 5.73 Å². The van der Waals surface area contributed by atoms with E-state index in [1.165, 1.54) is 6.07 Å². The summed E-state index contributed by atoms with van der Waals surface area (Å²) in [4.78, 5) is 4.39. The lowest BCUT2D eigenvalue weighted by molar-refractivity contribution is 0.613. The van der Waals surface area contributed by atoms with Crippen LogP contribution in [0, 0.1) is 12.7 Å². The Balaban J connectivity index is 2.13. The van der Waals surface area contributed by atoms with Crippen LogP contribution in [0.15, 0.2) is 48.7 Å². The molecule has 0 radical (unpaired) electrons.